The smallest absolute Gasteiger partial charge is 0.328 e. The molecule has 0 aliphatic carbocycles. The van der Waals surface area contributed by atoms with Crippen LogP contribution in [0.15, 0.2) is 72.8 Å². The molecule has 7 heteroatoms. The quantitative estimate of drug-likeness (QED) is 0.615. The van der Waals surface area contributed by atoms with Gasteiger partial charge in [-0.15, -0.1) is 0 Å². The molecule has 0 aliphatic heterocycles. The summed E-state index contributed by atoms with van der Waals surface area (Å²) in [5, 5.41) is 15.6. The summed E-state index contributed by atoms with van der Waals surface area (Å²) < 4.78 is 0. The van der Waals surface area contributed by atoms with E-state index in [-0.39, 0.29) is 12.5 Å². The monoisotopic (exact) mass is 398 g/mol. The second-order valence-corrected chi connectivity index (χ2v) is 6.47. The highest BCUT2D eigenvalue weighted by molar-refractivity contribution is 5.89. The maximum absolute atomic E-state index is 12.1. The Balaban J connectivity index is 0.000000447. The molecule has 0 radical (unpaired) electrons. The van der Waals surface area contributed by atoms with Gasteiger partial charge in [-0.05, 0) is 24.5 Å². The first kappa shape index (κ1) is 23.6. The van der Waals surface area contributed by atoms with Crippen LogP contribution in [-0.2, 0) is 26.3 Å². The topological polar surface area (TPSA) is 121 Å². The first-order valence-corrected chi connectivity index (χ1v) is 8.90. The van der Waals surface area contributed by atoms with Gasteiger partial charge in [0.2, 0.25) is 5.91 Å². The molecule has 0 heterocycles. The molecule has 0 saturated carbocycles. The molecule has 0 fully saturated rings. The van der Waals surface area contributed by atoms with Crippen LogP contribution in [0.1, 0.15) is 18.1 Å². The molecule has 29 heavy (non-hydrogen) atoms. The minimum Gasteiger partial charge on any atom is -0.478 e. The predicted octanol–water partition coefficient (Wildman–Crippen LogP) is 2.27. The second-order valence-electron chi connectivity index (χ2n) is 6.47. The normalized spacial score (nSPS) is 12.4. The summed E-state index contributed by atoms with van der Waals surface area (Å²) in [6.45, 7) is 2.11. The Bertz CT molecular complexity index is 821. The van der Waals surface area contributed by atoms with E-state index in [0.717, 1.165) is 12.0 Å². The maximum atomic E-state index is 12.1. The highest BCUT2D eigenvalue weighted by Gasteiger charge is 2.34. The Morgan fingerprint density at radius 1 is 0.931 bits per heavy atom. The van der Waals surface area contributed by atoms with E-state index >= 15 is 0 Å². The van der Waals surface area contributed by atoms with Crippen LogP contribution in [0.25, 0.3) is 0 Å². The average Bonchev–Trinajstić information content (AvgIpc) is 2.72. The van der Waals surface area contributed by atoms with E-state index in [1.165, 1.54) is 5.56 Å². The summed E-state index contributed by atoms with van der Waals surface area (Å²) in [5.41, 5.74) is 7.44. The Morgan fingerprint density at radius 2 is 1.38 bits per heavy atom. The number of nitrogens with zero attached hydrogens (tertiary/aromatic N) is 1. The second kappa shape index (κ2) is 11.4. The van der Waals surface area contributed by atoms with E-state index in [9.17, 15) is 14.4 Å². The zero-order valence-corrected chi connectivity index (χ0v) is 16.5. The number of benzene rings is 2. The molecule has 4 N–H and O–H groups in total. The fourth-order valence-corrected chi connectivity index (χ4v) is 2.76. The van der Waals surface area contributed by atoms with Crippen LogP contribution in [0.3, 0.4) is 0 Å². The third kappa shape index (κ3) is 7.59. The van der Waals surface area contributed by atoms with Crippen molar-refractivity contribution in [2.45, 2.75) is 18.9 Å². The number of hydrogen-bond acceptors (Lipinski definition) is 4. The van der Waals surface area contributed by atoms with Crippen molar-refractivity contribution >= 4 is 17.8 Å². The van der Waals surface area contributed by atoms with Gasteiger partial charge >= 0.3 is 11.9 Å². The fraction of sp³-hybridized carbons (Fsp3) is 0.227. The summed E-state index contributed by atoms with van der Waals surface area (Å²) in [4.78, 5) is 33.0. The van der Waals surface area contributed by atoms with Crippen molar-refractivity contribution in [1.29, 1.82) is 0 Å². The fourth-order valence-electron chi connectivity index (χ4n) is 2.76. The molecule has 0 spiro atoms. The molecule has 7 nitrogen and oxygen atoms in total. The zero-order chi connectivity index (χ0) is 21.9. The lowest BCUT2D eigenvalue weighted by atomic mass is 9.84. The molecule has 0 saturated heterocycles. The van der Waals surface area contributed by atoms with Crippen LogP contribution in [0.2, 0.25) is 0 Å². The number of carboxylic acid groups (broad SMARTS) is 2. The minimum atomic E-state index is -1.26. The molecular formula is C22H26N2O5. The van der Waals surface area contributed by atoms with E-state index < -0.39 is 17.5 Å². The van der Waals surface area contributed by atoms with Gasteiger partial charge in [0.1, 0.15) is 0 Å². The zero-order valence-electron chi connectivity index (χ0n) is 16.5. The number of carbonyl (C=O) groups is 3. The Kier molecular flexibility index (Phi) is 9.28. The number of nitrogens with two attached hydrogens (primary N) is 1. The summed E-state index contributed by atoms with van der Waals surface area (Å²) >= 11 is 0. The summed E-state index contributed by atoms with van der Waals surface area (Å²) in [7, 11) is 1.82. The summed E-state index contributed by atoms with van der Waals surface area (Å²) in [6.07, 6.45) is 1.87. The van der Waals surface area contributed by atoms with Crippen molar-refractivity contribution in [1.82, 2.24) is 4.90 Å². The van der Waals surface area contributed by atoms with Crippen LogP contribution in [-0.4, -0.2) is 46.6 Å². The molecule has 2 aromatic rings. The van der Waals surface area contributed by atoms with Gasteiger partial charge < -0.3 is 20.8 Å². The van der Waals surface area contributed by atoms with Crippen molar-refractivity contribution in [2.75, 3.05) is 13.6 Å². The van der Waals surface area contributed by atoms with E-state index in [4.69, 9.17) is 15.9 Å². The van der Waals surface area contributed by atoms with Crippen molar-refractivity contribution in [3.8, 4) is 0 Å². The highest BCUT2D eigenvalue weighted by atomic mass is 16.4. The molecule has 154 valence electrons. The minimum absolute atomic E-state index is 0.0215. The van der Waals surface area contributed by atoms with Crippen LogP contribution < -0.4 is 5.73 Å². The SMILES string of the molecule is CN(C(=O)CN)C(C)(Cc1ccccc1)c1ccccc1.O=C(O)C=CC(=O)O. The van der Waals surface area contributed by atoms with E-state index in [1.807, 2.05) is 43.4 Å². The molecule has 2 aromatic carbocycles. The van der Waals surface area contributed by atoms with Crippen molar-refractivity contribution in [2.24, 2.45) is 5.73 Å². The third-order valence-corrected chi connectivity index (χ3v) is 4.44. The van der Waals surface area contributed by atoms with Crippen LogP contribution in [0, 0.1) is 0 Å². The lowest BCUT2D eigenvalue weighted by molar-refractivity contribution is -0.134. The number of carbonyl (C=O) groups excluding carboxylic acids is 1. The molecular weight excluding hydrogens is 372 g/mol. The number of likely N-dealkylation sites (N-methyl/N-ethyl adjacent to an activating group) is 1. The van der Waals surface area contributed by atoms with Crippen LogP contribution >= 0.6 is 0 Å². The van der Waals surface area contributed by atoms with Gasteiger partial charge in [0.15, 0.2) is 0 Å². The molecule has 2 rings (SSSR count). The molecule has 0 aliphatic rings. The Hall–Kier alpha value is -3.45. The Labute approximate surface area is 170 Å². The van der Waals surface area contributed by atoms with E-state index in [1.54, 1.807) is 4.90 Å². The average molecular weight is 398 g/mol. The highest BCUT2D eigenvalue weighted by Crippen LogP contribution is 2.31. The van der Waals surface area contributed by atoms with Gasteiger partial charge in [0.05, 0.1) is 12.1 Å². The Morgan fingerprint density at radius 3 is 1.79 bits per heavy atom. The molecule has 0 aromatic heterocycles. The lowest BCUT2D eigenvalue weighted by Crippen LogP contribution is -2.48. The van der Waals surface area contributed by atoms with Crippen molar-refractivity contribution in [3.05, 3.63) is 83.9 Å². The largest absolute Gasteiger partial charge is 0.478 e. The summed E-state index contributed by atoms with van der Waals surface area (Å²) in [6, 6.07) is 20.3. The number of aliphatic carboxylic acids is 2. The van der Waals surface area contributed by atoms with E-state index in [0.29, 0.717) is 12.2 Å². The molecule has 1 amide bonds. The van der Waals surface area contributed by atoms with Crippen molar-refractivity contribution in [3.63, 3.8) is 0 Å². The van der Waals surface area contributed by atoms with Crippen LogP contribution in [0.4, 0.5) is 0 Å². The van der Waals surface area contributed by atoms with Gasteiger partial charge in [0, 0.05) is 19.2 Å². The number of hydrogen-bond donors (Lipinski definition) is 3. The summed E-state index contributed by atoms with van der Waals surface area (Å²) in [5.74, 6) is -2.57. The predicted molar refractivity (Wildman–Crippen MR) is 110 cm³/mol. The number of carboxylic acids is 2. The van der Waals surface area contributed by atoms with Gasteiger partial charge in [-0.25, -0.2) is 9.59 Å². The van der Waals surface area contributed by atoms with Crippen LogP contribution in [0.5, 0.6) is 0 Å². The number of rotatable bonds is 7. The lowest BCUT2D eigenvalue weighted by Gasteiger charge is -2.39. The standard InChI is InChI=1S/C18H22N2O.C4H4O4/c1-18(20(2)17(21)14-19,16-11-7-4-8-12-16)13-15-9-5-3-6-10-15;5-3(6)1-2-4(7)8/h3-12H,13-14,19H2,1-2H3;1-2H,(H,5,6)(H,7,8). The molecule has 0 bridgehead atoms. The maximum Gasteiger partial charge on any atom is 0.328 e. The van der Waals surface area contributed by atoms with Crippen molar-refractivity contribution < 1.29 is 24.6 Å². The van der Waals surface area contributed by atoms with Gasteiger partial charge in [-0.1, -0.05) is 60.7 Å². The number of amides is 1. The van der Waals surface area contributed by atoms with Gasteiger partial charge in [0.25, 0.3) is 0 Å². The third-order valence-electron chi connectivity index (χ3n) is 4.44. The van der Waals surface area contributed by atoms with Gasteiger partial charge in [-0.3, -0.25) is 4.79 Å². The van der Waals surface area contributed by atoms with Gasteiger partial charge in [-0.2, -0.15) is 0 Å². The first-order valence-electron chi connectivity index (χ1n) is 8.90. The molecule has 1 atom stereocenters. The first-order chi connectivity index (χ1) is 13.7. The molecule has 1 unspecified atom stereocenters. The van der Waals surface area contributed by atoms with E-state index in [2.05, 4.69) is 31.2 Å².